The summed E-state index contributed by atoms with van der Waals surface area (Å²) in [5.74, 6) is -1.45. The maximum Gasteiger partial charge on any atom is 0.335 e. The van der Waals surface area contributed by atoms with Gasteiger partial charge < -0.3 is 20.6 Å². The predicted molar refractivity (Wildman–Crippen MR) is 153 cm³/mol. The smallest absolute Gasteiger partial charge is 0.335 e. The Morgan fingerprint density at radius 2 is 1.74 bits per heavy atom. The fraction of sp³-hybridized carbons (Fsp3) is 0.300. The van der Waals surface area contributed by atoms with Crippen LogP contribution in [0.4, 0.5) is 16.2 Å². The van der Waals surface area contributed by atoms with Crippen molar-refractivity contribution >= 4 is 52.5 Å². The van der Waals surface area contributed by atoms with Crippen LogP contribution in [0.3, 0.4) is 0 Å². The molecule has 9 heteroatoms. The highest BCUT2D eigenvalue weighted by Crippen LogP contribution is 2.60. The van der Waals surface area contributed by atoms with Crippen molar-refractivity contribution in [2.45, 2.75) is 38.6 Å². The molecule has 39 heavy (non-hydrogen) atoms. The molecule has 2 heterocycles. The largest absolute Gasteiger partial charge is 0.478 e. The topological polar surface area (TPSA) is 98.7 Å². The first-order valence-corrected chi connectivity index (χ1v) is 13.4. The van der Waals surface area contributed by atoms with Crippen molar-refractivity contribution in [3.63, 3.8) is 0 Å². The third-order valence-electron chi connectivity index (χ3n) is 7.52. The lowest BCUT2D eigenvalue weighted by Gasteiger charge is -2.38. The van der Waals surface area contributed by atoms with Crippen molar-refractivity contribution in [2.75, 3.05) is 17.2 Å². The Labute approximate surface area is 237 Å². The van der Waals surface area contributed by atoms with Crippen molar-refractivity contribution in [1.29, 1.82) is 0 Å². The SMILES string of the molecule is CC(C)(C)C[C@@H]1CN(C(=O)Nc2ccc(C(=O)O)cc2)[C@H](c2cccc(Cl)c2)[C@]12C(=O)Nc1cc(Cl)ccc12. The van der Waals surface area contributed by atoms with Gasteiger partial charge in [-0.2, -0.15) is 0 Å². The number of rotatable bonds is 4. The molecule has 3 amide bonds. The predicted octanol–water partition coefficient (Wildman–Crippen LogP) is 7.22. The van der Waals surface area contributed by atoms with Crippen LogP contribution in [0.1, 0.15) is 54.7 Å². The van der Waals surface area contributed by atoms with Crippen LogP contribution in [0.15, 0.2) is 66.7 Å². The van der Waals surface area contributed by atoms with Gasteiger partial charge in [-0.25, -0.2) is 9.59 Å². The molecule has 1 fully saturated rings. The Morgan fingerprint density at radius 3 is 2.38 bits per heavy atom. The summed E-state index contributed by atoms with van der Waals surface area (Å²) >= 11 is 12.7. The van der Waals surface area contributed by atoms with Crippen LogP contribution in [0, 0.1) is 11.3 Å². The lowest BCUT2D eigenvalue weighted by molar-refractivity contribution is -0.123. The van der Waals surface area contributed by atoms with E-state index in [1.807, 2.05) is 18.2 Å². The molecule has 202 valence electrons. The number of aromatic carboxylic acids is 1. The second-order valence-electron chi connectivity index (χ2n) is 11.4. The molecule has 1 spiro atoms. The van der Waals surface area contributed by atoms with Gasteiger partial charge in [-0.05, 0) is 77.4 Å². The molecule has 0 unspecified atom stereocenters. The number of hydrogen-bond acceptors (Lipinski definition) is 3. The molecule has 0 aliphatic carbocycles. The first-order chi connectivity index (χ1) is 18.4. The van der Waals surface area contributed by atoms with Gasteiger partial charge >= 0.3 is 12.0 Å². The Bertz CT molecular complexity index is 1470. The lowest BCUT2D eigenvalue weighted by atomic mass is 9.63. The maximum absolute atomic E-state index is 14.2. The molecular formula is C30H29Cl2N3O4. The van der Waals surface area contributed by atoms with Gasteiger partial charge in [-0.15, -0.1) is 0 Å². The molecule has 5 rings (SSSR count). The van der Waals surface area contributed by atoms with E-state index in [1.165, 1.54) is 12.1 Å². The van der Waals surface area contributed by atoms with Crippen molar-refractivity contribution in [3.8, 4) is 0 Å². The zero-order valence-electron chi connectivity index (χ0n) is 21.8. The number of nitrogens with one attached hydrogen (secondary N) is 2. The summed E-state index contributed by atoms with van der Waals surface area (Å²) in [6.45, 7) is 6.69. The quantitative estimate of drug-likeness (QED) is 0.311. The van der Waals surface area contributed by atoms with Crippen LogP contribution < -0.4 is 10.6 Å². The second-order valence-corrected chi connectivity index (χ2v) is 12.3. The maximum atomic E-state index is 14.2. The number of halogens is 2. The minimum Gasteiger partial charge on any atom is -0.478 e. The minimum absolute atomic E-state index is 0.119. The van der Waals surface area contributed by atoms with Gasteiger partial charge in [0, 0.05) is 28.0 Å². The summed E-state index contributed by atoms with van der Waals surface area (Å²) in [5, 5.41) is 16.2. The van der Waals surface area contributed by atoms with Gasteiger partial charge in [0.05, 0.1) is 11.6 Å². The normalized spacial score (nSPS) is 22.1. The van der Waals surface area contributed by atoms with E-state index in [0.29, 0.717) is 34.4 Å². The second kappa shape index (κ2) is 9.88. The molecule has 1 saturated heterocycles. The lowest BCUT2D eigenvalue weighted by Crippen LogP contribution is -2.46. The molecule has 0 bridgehead atoms. The van der Waals surface area contributed by atoms with Crippen molar-refractivity contribution in [2.24, 2.45) is 11.3 Å². The van der Waals surface area contributed by atoms with E-state index in [1.54, 1.807) is 41.3 Å². The average molecular weight is 566 g/mol. The molecule has 3 atom stereocenters. The van der Waals surface area contributed by atoms with Crippen LogP contribution in [-0.2, 0) is 10.2 Å². The molecule has 3 aromatic carbocycles. The van der Waals surface area contributed by atoms with Gasteiger partial charge in [0.2, 0.25) is 5.91 Å². The number of carbonyl (C=O) groups is 3. The van der Waals surface area contributed by atoms with Crippen LogP contribution in [0.5, 0.6) is 0 Å². The monoisotopic (exact) mass is 565 g/mol. The highest BCUT2D eigenvalue weighted by Gasteiger charge is 2.65. The average Bonchev–Trinajstić information content (AvgIpc) is 3.33. The van der Waals surface area contributed by atoms with E-state index in [4.69, 9.17) is 23.2 Å². The standard InChI is InChI=1S/C30H29Cl2N3O4/c1-29(2,3)15-19-16-35(28(39)33-22-10-7-17(8-11-22)26(36)37)25(18-5-4-6-20(31)13-18)30(19)23-12-9-21(32)14-24(23)34-27(30)38/h4-14,19,25H,15-16H2,1-3H3,(H,33,39)(H,34,38)(H,36,37)/t19-,25-,30+/m1/s1. The highest BCUT2D eigenvalue weighted by molar-refractivity contribution is 6.31. The van der Waals surface area contributed by atoms with E-state index in [-0.39, 0.29) is 22.8 Å². The fourth-order valence-electron chi connectivity index (χ4n) is 6.14. The van der Waals surface area contributed by atoms with Crippen molar-refractivity contribution in [3.05, 3.63) is 93.5 Å². The van der Waals surface area contributed by atoms with Crippen molar-refractivity contribution < 1.29 is 19.5 Å². The first-order valence-electron chi connectivity index (χ1n) is 12.7. The Hall–Kier alpha value is -3.55. The molecule has 3 aromatic rings. The molecule has 2 aliphatic rings. The Morgan fingerprint density at radius 1 is 1.05 bits per heavy atom. The summed E-state index contributed by atoms with van der Waals surface area (Å²) in [5.41, 5.74) is 1.54. The fourth-order valence-corrected chi connectivity index (χ4v) is 6.51. The first kappa shape index (κ1) is 27.0. The minimum atomic E-state index is -1.08. The summed E-state index contributed by atoms with van der Waals surface area (Å²) in [6, 6.07) is 17.6. The number of carbonyl (C=O) groups excluding carboxylic acids is 2. The van der Waals surface area contributed by atoms with E-state index < -0.39 is 23.5 Å². The van der Waals surface area contributed by atoms with Gasteiger partial charge in [0.25, 0.3) is 0 Å². The van der Waals surface area contributed by atoms with Gasteiger partial charge in [-0.3, -0.25) is 4.79 Å². The highest BCUT2D eigenvalue weighted by atomic mass is 35.5. The number of likely N-dealkylation sites (tertiary alicyclic amines) is 1. The molecule has 0 saturated carbocycles. The molecule has 0 radical (unpaired) electrons. The zero-order valence-corrected chi connectivity index (χ0v) is 23.3. The van der Waals surface area contributed by atoms with Gasteiger partial charge in [0.1, 0.15) is 5.41 Å². The van der Waals surface area contributed by atoms with Crippen LogP contribution in [0.2, 0.25) is 10.0 Å². The zero-order chi connectivity index (χ0) is 28.1. The number of carboxylic acids is 1. The third kappa shape index (κ3) is 4.85. The molecular weight excluding hydrogens is 537 g/mol. The summed E-state index contributed by atoms with van der Waals surface area (Å²) < 4.78 is 0. The van der Waals surface area contributed by atoms with Crippen LogP contribution in [0.25, 0.3) is 0 Å². The number of amides is 3. The van der Waals surface area contributed by atoms with Gasteiger partial charge in [0.15, 0.2) is 0 Å². The number of urea groups is 1. The van der Waals surface area contributed by atoms with E-state index in [0.717, 1.165) is 11.1 Å². The molecule has 2 aliphatic heterocycles. The van der Waals surface area contributed by atoms with Crippen molar-refractivity contribution in [1.82, 2.24) is 4.90 Å². The number of benzene rings is 3. The Kier molecular flexibility index (Phi) is 6.85. The number of anilines is 2. The van der Waals surface area contributed by atoms with E-state index >= 15 is 0 Å². The molecule has 3 N–H and O–H groups in total. The van der Waals surface area contributed by atoms with Crippen LogP contribution >= 0.6 is 23.2 Å². The summed E-state index contributed by atoms with van der Waals surface area (Å²) in [4.78, 5) is 41.1. The Balaban J connectivity index is 1.66. The number of nitrogens with zero attached hydrogens (tertiary/aromatic N) is 1. The summed E-state index contributed by atoms with van der Waals surface area (Å²) in [6.07, 6.45) is 0.677. The van der Waals surface area contributed by atoms with E-state index in [2.05, 4.69) is 31.4 Å². The number of carboxylic acid groups (broad SMARTS) is 1. The number of fused-ring (bicyclic) bond motifs is 2. The van der Waals surface area contributed by atoms with Gasteiger partial charge in [-0.1, -0.05) is 62.2 Å². The molecule has 0 aromatic heterocycles. The number of hydrogen-bond donors (Lipinski definition) is 3. The van der Waals surface area contributed by atoms with E-state index in [9.17, 15) is 19.5 Å². The van der Waals surface area contributed by atoms with Crippen LogP contribution in [-0.4, -0.2) is 34.5 Å². The summed E-state index contributed by atoms with van der Waals surface area (Å²) in [7, 11) is 0. The third-order valence-corrected chi connectivity index (χ3v) is 7.99. The molecule has 7 nitrogen and oxygen atoms in total.